The first-order valence-electron chi connectivity index (χ1n) is 10.6. The zero-order valence-corrected chi connectivity index (χ0v) is 18.7. The van der Waals surface area contributed by atoms with Crippen LogP contribution in [0.3, 0.4) is 0 Å². The fourth-order valence-electron chi connectivity index (χ4n) is 4.07. The molecule has 1 saturated heterocycles. The molecule has 2 aliphatic heterocycles. The normalized spacial score (nSPS) is 19.2. The van der Waals surface area contributed by atoms with E-state index in [4.69, 9.17) is 14.5 Å². The molecule has 1 aromatic carbocycles. The number of nitrogens with zero attached hydrogens (tertiary/aromatic N) is 3. The molecule has 1 fully saturated rings. The monoisotopic (exact) mass is 430 g/mol. The van der Waals surface area contributed by atoms with Gasteiger partial charge in [0.1, 0.15) is 21.8 Å². The van der Waals surface area contributed by atoms with Crippen LogP contribution in [-0.2, 0) is 16.0 Å². The second-order valence-corrected chi connectivity index (χ2v) is 8.95. The van der Waals surface area contributed by atoms with Crippen LogP contribution in [0.15, 0.2) is 24.3 Å². The predicted molar refractivity (Wildman–Crippen MR) is 119 cm³/mol. The van der Waals surface area contributed by atoms with Crippen molar-refractivity contribution in [3.05, 3.63) is 30.0 Å². The van der Waals surface area contributed by atoms with Gasteiger partial charge in [0.2, 0.25) is 5.91 Å². The number of ether oxygens (including phenoxy) is 2. The highest BCUT2D eigenvalue weighted by Gasteiger charge is 2.38. The van der Waals surface area contributed by atoms with Crippen LogP contribution in [0.25, 0.3) is 10.6 Å². The van der Waals surface area contributed by atoms with Crippen molar-refractivity contribution in [3.8, 4) is 16.3 Å². The van der Waals surface area contributed by atoms with E-state index in [0.717, 1.165) is 59.9 Å². The SMILES string of the molecule is COc1cccc(-c2nc3c(s2)N(C(C)C)C(C(=O)NCCN2CCOCC2)C3)c1. The molecule has 1 atom stereocenters. The summed E-state index contributed by atoms with van der Waals surface area (Å²) >= 11 is 1.66. The van der Waals surface area contributed by atoms with Gasteiger partial charge in [-0.1, -0.05) is 23.5 Å². The van der Waals surface area contributed by atoms with Crippen molar-refractivity contribution in [2.75, 3.05) is 51.4 Å². The van der Waals surface area contributed by atoms with Gasteiger partial charge in [0.05, 0.1) is 26.0 Å². The van der Waals surface area contributed by atoms with E-state index in [9.17, 15) is 4.79 Å². The lowest BCUT2D eigenvalue weighted by Crippen LogP contribution is -2.50. The first-order valence-corrected chi connectivity index (χ1v) is 11.4. The predicted octanol–water partition coefficient (Wildman–Crippen LogP) is 2.41. The summed E-state index contributed by atoms with van der Waals surface area (Å²) in [6.45, 7) is 9.22. The van der Waals surface area contributed by atoms with E-state index in [1.807, 2.05) is 24.3 Å². The maximum atomic E-state index is 13.0. The Bertz CT molecular complexity index is 879. The van der Waals surface area contributed by atoms with E-state index < -0.39 is 0 Å². The van der Waals surface area contributed by atoms with E-state index in [2.05, 4.69) is 29.0 Å². The van der Waals surface area contributed by atoms with Crippen molar-refractivity contribution in [2.45, 2.75) is 32.4 Å². The number of carbonyl (C=O) groups excluding carboxylic acids is 1. The van der Waals surface area contributed by atoms with Crippen LogP contribution < -0.4 is 15.0 Å². The van der Waals surface area contributed by atoms with E-state index in [1.54, 1.807) is 18.4 Å². The largest absolute Gasteiger partial charge is 0.497 e. The van der Waals surface area contributed by atoms with Crippen LogP contribution in [0, 0.1) is 0 Å². The molecule has 3 heterocycles. The van der Waals surface area contributed by atoms with Gasteiger partial charge in [-0.2, -0.15) is 0 Å². The molecule has 1 N–H and O–H groups in total. The Labute approximate surface area is 182 Å². The standard InChI is InChI=1S/C22H30N4O3S/c1-15(2)26-19(20(27)23-7-8-25-9-11-29-12-10-25)14-18-22(26)30-21(24-18)16-5-4-6-17(13-16)28-3/h4-6,13,15,19H,7-12,14H2,1-3H3,(H,23,27). The quantitative estimate of drug-likeness (QED) is 0.728. The number of anilines is 1. The minimum atomic E-state index is -0.192. The van der Waals surface area contributed by atoms with Gasteiger partial charge in [-0.05, 0) is 26.0 Å². The van der Waals surface area contributed by atoms with Gasteiger partial charge >= 0.3 is 0 Å². The van der Waals surface area contributed by atoms with E-state index >= 15 is 0 Å². The Hall–Kier alpha value is -2.16. The Kier molecular flexibility index (Phi) is 6.55. The molecule has 2 aliphatic rings. The number of amides is 1. The van der Waals surface area contributed by atoms with Crippen molar-refractivity contribution in [3.63, 3.8) is 0 Å². The van der Waals surface area contributed by atoms with Crippen LogP contribution in [0.2, 0.25) is 0 Å². The molecular weight excluding hydrogens is 400 g/mol. The molecule has 2 aromatic rings. The number of hydrogen-bond donors (Lipinski definition) is 1. The van der Waals surface area contributed by atoms with E-state index in [-0.39, 0.29) is 18.0 Å². The molecule has 0 bridgehead atoms. The van der Waals surface area contributed by atoms with Crippen LogP contribution in [0.5, 0.6) is 5.75 Å². The summed E-state index contributed by atoms with van der Waals surface area (Å²) in [5, 5.41) is 5.22. The zero-order chi connectivity index (χ0) is 21.1. The molecule has 0 radical (unpaired) electrons. The number of nitrogens with one attached hydrogen (secondary N) is 1. The van der Waals surface area contributed by atoms with Crippen LogP contribution in [0.4, 0.5) is 5.00 Å². The first-order chi connectivity index (χ1) is 14.6. The number of fused-ring (bicyclic) bond motifs is 1. The van der Waals surface area contributed by atoms with Crippen molar-refractivity contribution < 1.29 is 14.3 Å². The number of methoxy groups -OCH3 is 1. The Morgan fingerprint density at radius 2 is 2.17 bits per heavy atom. The van der Waals surface area contributed by atoms with Gasteiger partial charge in [-0.15, -0.1) is 0 Å². The molecule has 162 valence electrons. The van der Waals surface area contributed by atoms with Crippen molar-refractivity contribution in [1.82, 2.24) is 15.2 Å². The summed E-state index contributed by atoms with van der Waals surface area (Å²) in [7, 11) is 1.67. The van der Waals surface area contributed by atoms with Crippen LogP contribution in [-0.4, -0.2) is 74.4 Å². The average molecular weight is 431 g/mol. The van der Waals surface area contributed by atoms with Gasteiger partial charge < -0.3 is 19.7 Å². The summed E-state index contributed by atoms with van der Waals surface area (Å²) in [5.74, 6) is 0.909. The van der Waals surface area contributed by atoms with Gasteiger partial charge in [0, 0.05) is 44.2 Å². The summed E-state index contributed by atoms with van der Waals surface area (Å²) in [6, 6.07) is 7.99. The lowest BCUT2D eigenvalue weighted by molar-refractivity contribution is -0.122. The molecule has 7 nitrogen and oxygen atoms in total. The molecule has 8 heteroatoms. The maximum Gasteiger partial charge on any atom is 0.243 e. The summed E-state index contributed by atoms with van der Waals surface area (Å²) in [6.07, 6.45) is 0.650. The maximum absolute atomic E-state index is 13.0. The third kappa shape index (κ3) is 4.45. The van der Waals surface area contributed by atoms with Crippen molar-refractivity contribution in [2.24, 2.45) is 0 Å². The molecular formula is C22H30N4O3S. The van der Waals surface area contributed by atoms with Gasteiger partial charge in [0.25, 0.3) is 0 Å². The summed E-state index contributed by atoms with van der Waals surface area (Å²) in [4.78, 5) is 22.4. The third-order valence-electron chi connectivity index (χ3n) is 5.64. The van der Waals surface area contributed by atoms with Crippen LogP contribution >= 0.6 is 11.3 Å². The lowest BCUT2D eigenvalue weighted by atomic mass is 10.1. The number of benzene rings is 1. The fourth-order valence-corrected chi connectivity index (χ4v) is 5.35. The van der Waals surface area contributed by atoms with E-state index in [1.165, 1.54) is 0 Å². The number of thiazole rings is 1. The third-order valence-corrected chi connectivity index (χ3v) is 6.80. The number of hydrogen-bond acceptors (Lipinski definition) is 7. The molecule has 1 aromatic heterocycles. The molecule has 4 rings (SSSR count). The highest BCUT2D eigenvalue weighted by molar-refractivity contribution is 7.19. The summed E-state index contributed by atoms with van der Waals surface area (Å²) in [5.41, 5.74) is 2.06. The number of carbonyl (C=O) groups is 1. The molecule has 0 aliphatic carbocycles. The Morgan fingerprint density at radius 1 is 1.37 bits per heavy atom. The first kappa shape index (κ1) is 21.1. The fraction of sp³-hybridized carbons (Fsp3) is 0.545. The van der Waals surface area contributed by atoms with Crippen molar-refractivity contribution >= 4 is 22.2 Å². The molecule has 30 heavy (non-hydrogen) atoms. The number of morpholine rings is 1. The molecule has 1 amide bonds. The summed E-state index contributed by atoms with van der Waals surface area (Å²) < 4.78 is 10.7. The molecule has 0 saturated carbocycles. The van der Waals surface area contributed by atoms with Gasteiger partial charge in [-0.25, -0.2) is 4.98 Å². The smallest absolute Gasteiger partial charge is 0.243 e. The van der Waals surface area contributed by atoms with E-state index in [0.29, 0.717) is 13.0 Å². The van der Waals surface area contributed by atoms with Gasteiger partial charge in [-0.3, -0.25) is 9.69 Å². The zero-order valence-electron chi connectivity index (χ0n) is 17.9. The van der Waals surface area contributed by atoms with Crippen molar-refractivity contribution in [1.29, 1.82) is 0 Å². The topological polar surface area (TPSA) is 66.9 Å². The average Bonchev–Trinajstić information content (AvgIpc) is 3.32. The van der Waals surface area contributed by atoms with Crippen LogP contribution in [0.1, 0.15) is 19.5 Å². The number of rotatable bonds is 7. The van der Waals surface area contributed by atoms with Gasteiger partial charge in [0.15, 0.2) is 0 Å². The minimum absolute atomic E-state index is 0.0880. The highest BCUT2D eigenvalue weighted by atomic mass is 32.1. The lowest BCUT2D eigenvalue weighted by Gasteiger charge is -2.30. The Balaban J connectivity index is 1.43. The minimum Gasteiger partial charge on any atom is -0.497 e. The molecule has 1 unspecified atom stereocenters. The second kappa shape index (κ2) is 9.32. The Morgan fingerprint density at radius 3 is 2.90 bits per heavy atom. The second-order valence-electron chi connectivity index (χ2n) is 7.97. The highest BCUT2D eigenvalue weighted by Crippen LogP contribution is 2.42. The molecule has 0 spiro atoms. The number of aromatic nitrogens is 1.